The molecule has 0 saturated heterocycles. The molecule has 0 amide bonds. The molecule has 2 aromatic carbocycles. The first-order chi connectivity index (χ1) is 13.2. The molecule has 2 aromatic rings. The summed E-state index contributed by atoms with van der Waals surface area (Å²) in [4.78, 5) is 0. The van der Waals surface area contributed by atoms with Gasteiger partial charge in [0.25, 0.3) is 0 Å². The number of nitrogens with zero attached hydrogens (tertiary/aromatic N) is 1. The zero-order valence-electron chi connectivity index (χ0n) is 17.0. The molecule has 1 nitrogen and oxygen atoms in total. The van der Waals surface area contributed by atoms with E-state index in [0.29, 0.717) is 0 Å². The third-order valence-corrected chi connectivity index (χ3v) is 6.54. The topological polar surface area (TPSA) is 23.8 Å². The van der Waals surface area contributed by atoms with Gasteiger partial charge in [0, 0.05) is 0 Å². The number of aryl methyl sites for hydroxylation is 1. The molecule has 1 fully saturated rings. The molecule has 1 heteroatoms. The largest absolute Gasteiger partial charge is 0.197 e. The van der Waals surface area contributed by atoms with Crippen molar-refractivity contribution in [2.45, 2.75) is 77.0 Å². The van der Waals surface area contributed by atoms with E-state index < -0.39 is 0 Å². The van der Waals surface area contributed by atoms with Crippen molar-refractivity contribution in [2.75, 3.05) is 0 Å². The van der Waals surface area contributed by atoms with Crippen molar-refractivity contribution in [3.05, 3.63) is 59.7 Å². The van der Waals surface area contributed by atoms with E-state index >= 15 is 0 Å². The quantitative estimate of drug-likeness (QED) is 0.471. The van der Waals surface area contributed by atoms with Crippen molar-refractivity contribution in [1.82, 2.24) is 0 Å². The van der Waals surface area contributed by atoms with Crippen molar-refractivity contribution >= 4 is 0 Å². The number of nitriles is 1. The SMILES string of the molecule is CCCCCc1ccc(-c2ccc([C@]3(C#N)CC[C@H](CC)CC3)cc2)cc1. The van der Waals surface area contributed by atoms with Gasteiger partial charge >= 0.3 is 0 Å². The number of rotatable bonds is 7. The summed E-state index contributed by atoms with van der Waals surface area (Å²) in [6, 6.07) is 20.5. The minimum atomic E-state index is -0.271. The lowest BCUT2D eigenvalue weighted by atomic mass is 9.67. The molecule has 1 aliphatic rings. The molecule has 0 aromatic heterocycles. The molecule has 0 spiro atoms. The number of hydrogen-bond donors (Lipinski definition) is 0. The van der Waals surface area contributed by atoms with Gasteiger partial charge in [0.2, 0.25) is 0 Å². The molecular weight excluding hydrogens is 326 g/mol. The molecule has 27 heavy (non-hydrogen) atoms. The Balaban J connectivity index is 1.70. The fourth-order valence-electron chi connectivity index (χ4n) is 4.47. The smallest absolute Gasteiger partial charge is 0.0822 e. The van der Waals surface area contributed by atoms with Crippen LogP contribution in [-0.4, -0.2) is 0 Å². The summed E-state index contributed by atoms with van der Waals surface area (Å²) in [5.41, 5.74) is 4.88. The molecule has 0 heterocycles. The fourth-order valence-corrected chi connectivity index (χ4v) is 4.47. The van der Waals surface area contributed by atoms with Gasteiger partial charge in [-0.2, -0.15) is 5.26 Å². The Kier molecular flexibility index (Phi) is 6.73. The van der Waals surface area contributed by atoms with Crippen LogP contribution in [0.1, 0.15) is 76.3 Å². The van der Waals surface area contributed by atoms with Crippen LogP contribution in [0, 0.1) is 17.2 Å². The van der Waals surface area contributed by atoms with Crippen LogP contribution in [0.15, 0.2) is 48.5 Å². The van der Waals surface area contributed by atoms with E-state index in [1.165, 1.54) is 67.2 Å². The average molecular weight is 360 g/mol. The summed E-state index contributed by atoms with van der Waals surface area (Å²) in [5.74, 6) is 0.807. The lowest BCUT2D eigenvalue weighted by Crippen LogP contribution is -2.30. The van der Waals surface area contributed by atoms with Crippen LogP contribution in [0.5, 0.6) is 0 Å². The molecule has 0 N–H and O–H groups in total. The van der Waals surface area contributed by atoms with Gasteiger partial charge in [0.1, 0.15) is 0 Å². The van der Waals surface area contributed by atoms with Crippen LogP contribution in [0.4, 0.5) is 0 Å². The second-order valence-electron chi connectivity index (χ2n) is 8.28. The van der Waals surface area contributed by atoms with Gasteiger partial charge in [-0.25, -0.2) is 0 Å². The van der Waals surface area contributed by atoms with Crippen LogP contribution >= 0.6 is 0 Å². The van der Waals surface area contributed by atoms with Crippen molar-refractivity contribution in [2.24, 2.45) is 5.92 Å². The molecule has 3 rings (SSSR count). The van der Waals surface area contributed by atoms with Crippen LogP contribution in [-0.2, 0) is 11.8 Å². The predicted octanol–water partition coefficient (Wildman–Crippen LogP) is 7.45. The van der Waals surface area contributed by atoms with Gasteiger partial charge in [-0.05, 0) is 66.7 Å². The standard InChI is InChI=1S/C26H33N/c1-3-5-6-7-22-8-10-23(11-9-22)24-12-14-25(15-13-24)26(20-27)18-16-21(4-2)17-19-26/h8-15,21H,3-7,16-19H2,1-2H3/t21-,26+. The maximum Gasteiger partial charge on any atom is 0.0822 e. The van der Waals surface area contributed by atoms with E-state index in [0.717, 1.165) is 18.8 Å². The molecule has 0 aliphatic heterocycles. The Hall–Kier alpha value is -2.07. The molecule has 0 unspecified atom stereocenters. The normalized spacial score (nSPS) is 22.3. The first kappa shape index (κ1) is 19.7. The highest BCUT2D eigenvalue weighted by molar-refractivity contribution is 5.64. The number of hydrogen-bond acceptors (Lipinski definition) is 1. The van der Waals surface area contributed by atoms with E-state index in [1.807, 2.05) is 0 Å². The van der Waals surface area contributed by atoms with E-state index in [-0.39, 0.29) is 5.41 Å². The Bertz CT molecular complexity index is 740. The Morgan fingerprint density at radius 1 is 0.889 bits per heavy atom. The lowest BCUT2D eigenvalue weighted by Gasteiger charge is -2.35. The van der Waals surface area contributed by atoms with Gasteiger partial charge in [0.05, 0.1) is 11.5 Å². The molecular formula is C26H33N. The van der Waals surface area contributed by atoms with E-state index in [2.05, 4.69) is 68.4 Å². The van der Waals surface area contributed by atoms with E-state index in [9.17, 15) is 5.26 Å². The minimum Gasteiger partial charge on any atom is -0.197 e. The third-order valence-electron chi connectivity index (χ3n) is 6.54. The molecule has 1 saturated carbocycles. The Labute approximate surface area is 165 Å². The third kappa shape index (κ3) is 4.62. The predicted molar refractivity (Wildman–Crippen MR) is 115 cm³/mol. The highest BCUT2D eigenvalue weighted by Crippen LogP contribution is 2.42. The second-order valence-corrected chi connectivity index (χ2v) is 8.28. The second kappa shape index (κ2) is 9.23. The van der Waals surface area contributed by atoms with Crippen LogP contribution < -0.4 is 0 Å². The van der Waals surface area contributed by atoms with Gasteiger partial charge in [0.15, 0.2) is 0 Å². The summed E-state index contributed by atoms with van der Waals surface area (Å²) in [6.07, 6.45) is 10.7. The highest BCUT2D eigenvalue weighted by Gasteiger charge is 2.36. The molecule has 0 atom stereocenters. The van der Waals surface area contributed by atoms with Crippen molar-refractivity contribution in [3.63, 3.8) is 0 Å². The maximum absolute atomic E-state index is 9.91. The van der Waals surface area contributed by atoms with Crippen LogP contribution in [0.25, 0.3) is 11.1 Å². The summed E-state index contributed by atoms with van der Waals surface area (Å²) < 4.78 is 0. The van der Waals surface area contributed by atoms with Gasteiger partial charge < -0.3 is 0 Å². The van der Waals surface area contributed by atoms with Crippen molar-refractivity contribution < 1.29 is 0 Å². The van der Waals surface area contributed by atoms with Crippen LogP contribution in [0.2, 0.25) is 0 Å². The minimum absolute atomic E-state index is 0.271. The Morgan fingerprint density at radius 3 is 2.00 bits per heavy atom. The van der Waals surface area contributed by atoms with Crippen LogP contribution in [0.3, 0.4) is 0 Å². The number of benzene rings is 2. The van der Waals surface area contributed by atoms with Crippen molar-refractivity contribution in [1.29, 1.82) is 5.26 Å². The first-order valence-electron chi connectivity index (χ1n) is 10.8. The van der Waals surface area contributed by atoms with Gasteiger partial charge in [-0.15, -0.1) is 0 Å². The summed E-state index contributed by atoms with van der Waals surface area (Å²) >= 11 is 0. The summed E-state index contributed by atoms with van der Waals surface area (Å²) in [5, 5.41) is 9.91. The lowest BCUT2D eigenvalue weighted by molar-refractivity contribution is 0.273. The molecule has 0 bridgehead atoms. The fraction of sp³-hybridized carbons (Fsp3) is 0.500. The monoisotopic (exact) mass is 359 g/mol. The molecule has 1 aliphatic carbocycles. The highest BCUT2D eigenvalue weighted by atomic mass is 14.4. The van der Waals surface area contributed by atoms with Gasteiger partial charge in [-0.1, -0.05) is 81.6 Å². The average Bonchev–Trinajstić information content (AvgIpc) is 2.75. The first-order valence-corrected chi connectivity index (χ1v) is 10.8. The Morgan fingerprint density at radius 2 is 1.48 bits per heavy atom. The summed E-state index contributed by atoms with van der Waals surface area (Å²) in [6.45, 7) is 4.52. The zero-order chi connectivity index (χ0) is 19.1. The van der Waals surface area contributed by atoms with Gasteiger partial charge in [-0.3, -0.25) is 0 Å². The zero-order valence-corrected chi connectivity index (χ0v) is 17.0. The maximum atomic E-state index is 9.91. The van der Waals surface area contributed by atoms with E-state index in [1.54, 1.807) is 0 Å². The molecule has 142 valence electrons. The van der Waals surface area contributed by atoms with Crippen molar-refractivity contribution in [3.8, 4) is 17.2 Å². The molecule has 0 radical (unpaired) electrons. The summed E-state index contributed by atoms with van der Waals surface area (Å²) in [7, 11) is 0. The van der Waals surface area contributed by atoms with E-state index in [4.69, 9.17) is 0 Å². The number of unbranched alkanes of at least 4 members (excludes halogenated alkanes) is 2.